The quantitative estimate of drug-likeness (QED) is 0.857. The smallest absolute Gasteiger partial charge is 0.303 e. The number of carboxylic acids is 1. The minimum atomic E-state index is -0.775. The van der Waals surface area contributed by atoms with Crippen LogP contribution in [0.25, 0.3) is 0 Å². The monoisotopic (exact) mass is 283 g/mol. The highest BCUT2D eigenvalue weighted by Gasteiger charge is 2.33. The van der Waals surface area contributed by atoms with Crippen molar-refractivity contribution in [1.82, 2.24) is 4.90 Å². The molecule has 1 amide bonds. The van der Waals surface area contributed by atoms with Crippen molar-refractivity contribution < 1.29 is 19.4 Å². The number of nitrogens with zero attached hydrogens (tertiary/aromatic N) is 1. The van der Waals surface area contributed by atoms with E-state index in [0.717, 1.165) is 38.6 Å². The predicted octanol–water partition coefficient (Wildman–Crippen LogP) is 2.05. The second-order valence-electron chi connectivity index (χ2n) is 6.02. The van der Waals surface area contributed by atoms with Crippen molar-refractivity contribution >= 4 is 11.9 Å². The maximum atomic E-state index is 12.7. The second kappa shape index (κ2) is 7.07. The molecule has 0 aromatic carbocycles. The molecule has 5 nitrogen and oxygen atoms in total. The summed E-state index contributed by atoms with van der Waals surface area (Å²) in [6, 6.07) is 0.116. The Morgan fingerprint density at radius 1 is 1.30 bits per heavy atom. The first kappa shape index (κ1) is 15.3. The summed E-state index contributed by atoms with van der Waals surface area (Å²) < 4.78 is 5.50. The Morgan fingerprint density at radius 2 is 2.10 bits per heavy atom. The summed E-state index contributed by atoms with van der Waals surface area (Å²) in [5.41, 5.74) is 0. The third kappa shape index (κ3) is 3.95. The Kier molecular flexibility index (Phi) is 5.40. The first-order valence-electron chi connectivity index (χ1n) is 7.72. The van der Waals surface area contributed by atoms with E-state index in [2.05, 4.69) is 0 Å². The first-order valence-corrected chi connectivity index (χ1v) is 7.72. The second-order valence-corrected chi connectivity index (χ2v) is 6.02. The van der Waals surface area contributed by atoms with Gasteiger partial charge in [0, 0.05) is 31.5 Å². The van der Waals surface area contributed by atoms with E-state index in [1.165, 1.54) is 0 Å². The fourth-order valence-corrected chi connectivity index (χ4v) is 3.34. The lowest BCUT2D eigenvalue weighted by atomic mass is 9.91. The lowest BCUT2D eigenvalue weighted by Crippen LogP contribution is -2.48. The normalized spacial score (nSPS) is 31.1. The molecule has 2 aliphatic heterocycles. The topological polar surface area (TPSA) is 66.8 Å². The van der Waals surface area contributed by atoms with Crippen molar-refractivity contribution in [2.24, 2.45) is 5.92 Å². The average Bonchev–Trinajstić information content (AvgIpc) is 2.44. The summed E-state index contributed by atoms with van der Waals surface area (Å²) in [4.78, 5) is 25.4. The molecule has 1 N–H and O–H groups in total. The van der Waals surface area contributed by atoms with Crippen LogP contribution >= 0.6 is 0 Å². The lowest BCUT2D eigenvalue weighted by Gasteiger charge is -2.39. The van der Waals surface area contributed by atoms with E-state index in [4.69, 9.17) is 9.84 Å². The van der Waals surface area contributed by atoms with E-state index in [0.29, 0.717) is 13.0 Å². The van der Waals surface area contributed by atoms with Gasteiger partial charge in [0.1, 0.15) is 0 Å². The molecule has 0 aliphatic carbocycles. The van der Waals surface area contributed by atoms with Crippen molar-refractivity contribution in [3.05, 3.63) is 0 Å². The largest absolute Gasteiger partial charge is 0.481 e. The van der Waals surface area contributed by atoms with Crippen LogP contribution in [0.5, 0.6) is 0 Å². The number of carbonyl (C=O) groups excluding carboxylic acids is 1. The van der Waals surface area contributed by atoms with Gasteiger partial charge in [-0.15, -0.1) is 0 Å². The Balaban J connectivity index is 1.95. The number of piperidine rings is 1. The molecule has 114 valence electrons. The van der Waals surface area contributed by atoms with Crippen LogP contribution < -0.4 is 0 Å². The highest BCUT2D eigenvalue weighted by Crippen LogP contribution is 2.27. The van der Waals surface area contributed by atoms with Gasteiger partial charge in [-0.3, -0.25) is 9.59 Å². The average molecular weight is 283 g/mol. The summed E-state index contributed by atoms with van der Waals surface area (Å²) in [6.07, 6.45) is 5.55. The van der Waals surface area contributed by atoms with Crippen LogP contribution in [0.3, 0.4) is 0 Å². The Morgan fingerprint density at radius 3 is 2.80 bits per heavy atom. The Bertz CT molecular complexity index is 358. The number of rotatable bonds is 4. The van der Waals surface area contributed by atoms with Gasteiger partial charge in [0.2, 0.25) is 5.91 Å². The Labute approximate surface area is 120 Å². The third-order valence-electron chi connectivity index (χ3n) is 4.44. The number of hydrogen-bond donors (Lipinski definition) is 1. The van der Waals surface area contributed by atoms with Gasteiger partial charge in [-0.2, -0.15) is 0 Å². The predicted molar refractivity (Wildman–Crippen MR) is 74.4 cm³/mol. The molecule has 20 heavy (non-hydrogen) atoms. The van der Waals surface area contributed by atoms with Crippen LogP contribution in [0.2, 0.25) is 0 Å². The number of ether oxygens (including phenoxy) is 1. The summed E-state index contributed by atoms with van der Waals surface area (Å²) in [7, 11) is 0. The molecular weight excluding hydrogens is 258 g/mol. The van der Waals surface area contributed by atoms with Crippen molar-refractivity contribution in [1.29, 1.82) is 0 Å². The summed E-state index contributed by atoms with van der Waals surface area (Å²) >= 11 is 0. The van der Waals surface area contributed by atoms with Crippen molar-refractivity contribution in [2.75, 3.05) is 13.2 Å². The minimum absolute atomic E-state index is 0.0594. The molecule has 0 aromatic heterocycles. The van der Waals surface area contributed by atoms with Crippen LogP contribution in [0, 0.1) is 5.92 Å². The van der Waals surface area contributed by atoms with Gasteiger partial charge < -0.3 is 14.7 Å². The summed E-state index contributed by atoms with van der Waals surface area (Å²) in [5.74, 6) is -0.498. The molecule has 0 radical (unpaired) electrons. The zero-order chi connectivity index (χ0) is 14.5. The molecule has 2 aliphatic rings. The molecule has 3 atom stereocenters. The minimum Gasteiger partial charge on any atom is -0.481 e. The SMILES string of the molecule is CC1CC(C(=O)N2CCCCC2CCC(=O)O)CCO1. The summed E-state index contributed by atoms with van der Waals surface area (Å²) in [6.45, 7) is 3.46. The number of carbonyl (C=O) groups is 2. The number of carboxylic acid groups (broad SMARTS) is 1. The van der Waals surface area contributed by atoms with E-state index >= 15 is 0 Å². The van der Waals surface area contributed by atoms with Gasteiger partial charge in [0.05, 0.1) is 6.10 Å². The van der Waals surface area contributed by atoms with E-state index in [1.54, 1.807) is 0 Å². The standard InChI is InChI=1S/C15H25NO4/c1-11-10-12(7-9-20-11)15(19)16-8-3-2-4-13(16)5-6-14(17)18/h11-13H,2-10H2,1H3,(H,17,18). The molecule has 2 saturated heterocycles. The van der Waals surface area contributed by atoms with Gasteiger partial charge >= 0.3 is 5.97 Å². The maximum absolute atomic E-state index is 12.7. The van der Waals surface area contributed by atoms with E-state index < -0.39 is 5.97 Å². The fourth-order valence-electron chi connectivity index (χ4n) is 3.34. The van der Waals surface area contributed by atoms with Gasteiger partial charge in [-0.25, -0.2) is 0 Å². The molecule has 0 saturated carbocycles. The molecule has 2 fully saturated rings. The van der Waals surface area contributed by atoms with Crippen molar-refractivity contribution in [3.8, 4) is 0 Å². The number of likely N-dealkylation sites (tertiary alicyclic amines) is 1. The highest BCUT2D eigenvalue weighted by atomic mass is 16.5. The fraction of sp³-hybridized carbons (Fsp3) is 0.867. The van der Waals surface area contributed by atoms with Gasteiger partial charge in [0.15, 0.2) is 0 Å². The van der Waals surface area contributed by atoms with Crippen LogP contribution in [0.4, 0.5) is 0 Å². The molecule has 2 rings (SSSR count). The number of aliphatic carboxylic acids is 1. The molecule has 0 bridgehead atoms. The number of hydrogen-bond acceptors (Lipinski definition) is 3. The molecule has 0 spiro atoms. The summed E-state index contributed by atoms with van der Waals surface area (Å²) in [5, 5.41) is 8.83. The highest BCUT2D eigenvalue weighted by molar-refractivity contribution is 5.79. The van der Waals surface area contributed by atoms with Crippen molar-refractivity contribution in [3.63, 3.8) is 0 Å². The molecular formula is C15H25NO4. The van der Waals surface area contributed by atoms with Crippen LogP contribution in [-0.2, 0) is 14.3 Å². The van der Waals surface area contributed by atoms with Crippen LogP contribution in [0.1, 0.15) is 51.9 Å². The molecule has 2 heterocycles. The van der Waals surface area contributed by atoms with Crippen molar-refractivity contribution in [2.45, 2.75) is 64.0 Å². The van der Waals surface area contributed by atoms with Gasteiger partial charge in [-0.1, -0.05) is 0 Å². The lowest BCUT2D eigenvalue weighted by molar-refractivity contribution is -0.145. The molecule has 3 unspecified atom stereocenters. The van der Waals surface area contributed by atoms with Crippen LogP contribution in [0.15, 0.2) is 0 Å². The number of amides is 1. The van der Waals surface area contributed by atoms with E-state index in [1.807, 2.05) is 11.8 Å². The van der Waals surface area contributed by atoms with E-state index in [9.17, 15) is 9.59 Å². The first-order chi connectivity index (χ1) is 9.58. The zero-order valence-electron chi connectivity index (χ0n) is 12.2. The third-order valence-corrected chi connectivity index (χ3v) is 4.44. The Hall–Kier alpha value is -1.10. The maximum Gasteiger partial charge on any atom is 0.303 e. The van der Waals surface area contributed by atoms with E-state index in [-0.39, 0.29) is 30.4 Å². The molecule has 0 aromatic rings. The molecule has 5 heteroatoms. The zero-order valence-corrected chi connectivity index (χ0v) is 12.2. The van der Waals surface area contributed by atoms with Gasteiger partial charge in [0.25, 0.3) is 0 Å². The van der Waals surface area contributed by atoms with Gasteiger partial charge in [-0.05, 0) is 45.4 Å². The van der Waals surface area contributed by atoms with Crippen LogP contribution in [-0.4, -0.2) is 47.2 Å².